The highest BCUT2D eigenvalue weighted by Gasteiger charge is 2.28. The average Bonchev–Trinajstić information content (AvgIpc) is 3.17. The molecule has 6 heteroatoms. The van der Waals surface area contributed by atoms with Gasteiger partial charge < -0.3 is 9.64 Å². The van der Waals surface area contributed by atoms with Crippen LogP contribution in [0.4, 0.5) is 0 Å². The highest BCUT2D eigenvalue weighted by molar-refractivity contribution is 5.93. The molecular weight excluding hydrogens is 328 g/mol. The lowest BCUT2D eigenvalue weighted by Gasteiger charge is -2.33. The van der Waals surface area contributed by atoms with Crippen molar-refractivity contribution in [1.29, 1.82) is 0 Å². The van der Waals surface area contributed by atoms with Crippen LogP contribution in [0.1, 0.15) is 42.5 Å². The van der Waals surface area contributed by atoms with Gasteiger partial charge in [0.2, 0.25) is 0 Å². The molecule has 3 heterocycles. The van der Waals surface area contributed by atoms with E-state index in [1.807, 2.05) is 17.0 Å². The predicted molar refractivity (Wildman–Crippen MR) is 97.5 cm³/mol. The van der Waals surface area contributed by atoms with Crippen LogP contribution in [-0.2, 0) is 4.74 Å². The van der Waals surface area contributed by atoms with Crippen LogP contribution in [0.25, 0.3) is 11.4 Å². The third kappa shape index (κ3) is 3.90. The van der Waals surface area contributed by atoms with Gasteiger partial charge in [0.25, 0.3) is 5.91 Å². The number of carbonyl (C=O) groups is 1. The smallest absolute Gasteiger partial charge is 0.257 e. The van der Waals surface area contributed by atoms with Crippen LogP contribution in [0.3, 0.4) is 0 Å². The molecule has 4 rings (SSSR count). The summed E-state index contributed by atoms with van der Waals surface area (Å²) in [5.41, 5.74) is 1.38. The van der Waals surface area contributed by atoms with E-state index in [-0.39, 0.29) is 12.0 Å². The van der Waals surface area contributed by atoms with Gasteiger partial charge in [0.1, 0.15) is 0 Å². The van der Waals surface area contributed by atoms with Crippen molar-refractivity contribution in [3.63, 3.8) is 0 Å². The topological polar surface area (TPSA) is 68.2 Å². The minimum atomic E-state index is 0.00476. The van der Waals surface area contributed by atoms with Crippen molar-refractivity contribution in [1.82, 2.24) is 19.9 Å². The maximum atomic E-state index is 13.0. The maximum Gasteiger partial charge on any atom is 0.257 e. The van der Waals surface area contributed by atoms with Gasteiger partial charge in [-0.15, -0.1) is 0 Å². The molecule has 2 aliphatic rings. The fourth-order valence-electron chi connectivity index (χ4n) is 3.53. The van der Waals surface area contributed by atoms with Crippen LogP contribution in [0.2, 0.25) is 0 Å². The van der Waals surface area contributed by atoms with Crippen LogP contribution < -0.4 is 0 Å². The van der Waals surface area contributed by atoms with Crippen LogP contribution in [0.5, 0.6) is 0 Å². The second-order valence-corrected chi connectivity index (χ2v) is 7.18. The summed E-state index contributed by atoms with van der Waals surface area (Å²) in [4.78, 5) is 27.8. The Bertz CT molecular complexity index is 725. The van der Waals surface area contributed by atoms with E-state index in [0.29, 0.717) is 23.9 Å². The molecule has 136 valence electrons. The third-order valence-electron chi connectivity index (χ3n) is 5.26. The minimum Gasteiger partial charge on any atom is -0.376 e. The van der Waals surface area contributed by atoms with Crippen LogP contribution in [0.15, 0.2) is 36.9 Å². The first-order valence-electron chi connectivity index (χ1n) is 9.43. The molecule has 1 aliphatic heterocycles. The zero-order chi connectivity index (χ0) is 17.8. The van der Waals surface area contributed by atoms with Gasteiger partial charge in [0.05, 0.1) is 11.7 Å². The van der Waals surface area contributed by atoms with Gasteiger partial charge in [-0.2, -0.15) is 0 Å². The molecule has 1 amide bonds. The Morgan fingerprint density at radius 2 is 1.96 bits per heavy atom. The monoisotopic (exact) mass is 352 g/mol. The molecule has 1 aliphatic carbocycles. The van der Waals surface area contributed by atoms with Crippen molar-refractivity contribution >= 4 is 5.91 Å². The predicted octanol–water partition coefficient (Wildman–Crippen LogP) is 2.96. The first kappa shape index (κ1) is 17.1. The number of amides is 1. The van der Waals surface area contributed by atoms with Crippen molar-refractivity contribution < 1.29 is 9.53 Å². The Morgan fingerprint density at radius 1 is 1.12 bits per heavy atom. The molecule has 0 bridgehead atoms. The number of pyridine rings is 1. The van der Waals surface area contributed by atoms with Crippen molar-refractivity contribution in [2.24, 2.45) is 5.92 Å². The van der Waals surface area contributed by atoms with Crippen molar-refractivity contribution in [3.8, 4) is 11.4 Å². The van der Waals surface area contributed by atoms with Crippen molar-refractivity contribution in [2.45, 2.75) is 38.2 Å². The summed E-state index contributed by atoms with van der Waals surface area (Å²) in [7, 11) is 0. The van der Waals surface area contributed by atoms with E-state index in [0.717, 1.165) is 31.6 Å². The van der Waals surface area contributed by atoms with Gasteiger partial charge in [-0.25, -0.2) is 9.97 Å². The van der Waals surface area contributed by atoms with Crippen LogP contribution >= 0.6 is 0 Å². The normalized spacial score (nSPS) is 19.9. The van der Waals surface area contributed by atoms with Crippen molar-refractivity contribution in [2.75, 3.05) is 19.7 Å². The highest BCUT2D eigenvalue weighted by atomic mass is 16.5. The van der Waals surface area contributed by atoms with Gasteiger partial charge in [0.15, 0.2) is 5.82 Å². The lowest BCUT2D eigenvalue weighted by molar-refractivity contribution is 0.0447. The first-order valence-corrected chi connectivity index (χ1v) is 9.43. The summed E-state index contributed by atoms with van der Waals surface area (Å²) in [5.74, 6) is 1.21. The van der Waals surface area contributed by atoms with Gasteiger partial charge in [-0.05, 0) is 43.7 Å². The van der Waals surface area contributed by atoms with E-state index in [9.17, 15) is 4.79 Å². The summed E-state index contributed by atoms with van der Waals surface area (Å²) in [6, 6.07) is 3.75. The molecule has 0 N–H and O–H groups in total. The summed E-state index contributed by atoms with van der Waals surface area (Å²) in [6.07, 6.45) is 12.7. The molecule has 2 aromatic heterocycles. The molecule has 0 radical (unpaired) electrons. The molecule has 0 unspecified atom stereocenters. The molecule has 1 saturated heterocycles. The average molecular weight is 352 g/mol. The Hall–Kier alpha value is -2.34. The zero-order valence-corrected chi connectivity index (χ0v) is 14.9. The number of ether oxygens (including phenoxy) is 1. The lowest BCUT2D eigenvalue weighted by atomic mass is 9.85. The Labute approximate surface area is 153 Å². The minimum absolute atomic E-state index is 0.00476. The molecule has 2 fully saturated rings. The first-order chi connectivity index (χ1) is 12.8. The molecule has 0 spiro atoms. The zero-order valence-electron chi connectivity index (χ0n) is 14.9. The van der Waals surface area contributed by atoms with Gasteiger partial charge in [-0.1, -0.05) is 6.42 Å². The Balaban J connectivity index is 1.48. The molecular formula is C20H24N4O2. The lowest BCUT2D eigenvalue weighted by Crippen LogP contribution is -2.42. The maximum absolute atomic E-state index is 13.0. The van der Waals surface area contributed by atoms with E-state index in [4.69, 9.17) is 4.74 Å². The van der Waals surface area contributed by atoms with E-state index in [1.54, 1.807) is 24.8 Å². The van der Waals surface area contributed by atoms with E-state index in [2.05, 4.69) is 15.0 Å². The summed E-state index contributed by atoms with van der Waals surface area (Å²) in [5, 5.41) is 0. The Morgan fingerprint density at radius 3 is 2.58 bits per heavy atom. The third-order valence-corrected chi connectivity index (χ3v) is 5.26. The summed E-state index contributed by atoms with van der Waals surface area (Å²) in [6.45, 7) is 2.28. The molecule has 2 aromatic rings. The van der Waals surface area contributed by atoms with Crippen molar-refractivity contribution in [3.05, 3.63) is 42.5 Å². The Kier molecular flexibility index (Phi) is 5.20. The van der Waals surface area contributed by atoms with Gasteiger partial charge in [-0.3, -0.25) is 9.78 Å². The highest BCUT2D eigenvalue weighted by Crippen LogP contribution is 2.28. The number of nitrogens with zero attached hydrogens (tertiary/aromatic N) is 4. The van der Waals surface area contributed by atoms with E-state index < -0.39 is 0 Å². The standard InChI is InChI=1S/C20H24N4O2/c25-20(17-11-22-19(23-12-17)16-6-2-8-21-10-16)24(13-15-4-1-5-15)14-18-7-3-9-26-18/h2,6,8,10-12,15,18H,1,3-5,7,9,13-14H2/t18-/m0/s1. The van der Waals surface area contributed by atoms with E-state index in [1.165, 1.54) is 19.3 Å². The number of carbonyl (C=O) groups excluding carboxylic acids is 1. The van der Waals surface area contributed by atoms with Gasteiger partial charge >= 0.3 is 0 Å². The second kappa shape index (κ2) is 7.91. The number of rotatable bonds is 6. The second-order valence-electron chi connectivity index (χ2n) is 7.18. The number of hydrogen-bond acceptors (Lipinski definition) is 5. The van der Waals surface area contributed by atoms with Crippen LogP contribution in [0, 0.1) is 5.92 Å². The molecule has 26 heavy (non-hydrogen) atoms. The number of hydrogen-bond donors (Lipinski definition) is 0. The number of aromatic nitrogens is 3. The summed E-state index contributed by atoms with van der Waals surface area (Å²) < 4.78 is 5.75. The van der Waals surface area contributed by atoms with Gasteiger partial charge in [0, 0.05) is 50.0 Å². The van der Waals surface area contributed by atoms with Crippen LogP contribution in [-0.4, -0.2) is 51.6 Å². The molecule has 1 atom stereocenters. The molecule has 0 aromatic carbocycles. The largest absolute Gasteiger partial charge is 0.376 e. The van der Waals surface area contributed by atoms with E-state index >= 15 is 0 Å². The molecule has 6 nitrogen and oxygen atoms in total. The molecule has 1 saturated carbocycles. The SMILES string of the molecule is O=C(c1cnc(-c2cccnc2)nc1)N(CC1CCC1)C[C@@H]1CCCO1. The fraction of sp³-hybridized carbons (Fsp3) is 0.500. The quantitative estimate of drug-likeness (QED) is 0.799. The summed E-state index contributed by atoms with van der Waals surface area (Å²) >= 11 is 0. The fourth-order valence-corrected chi connectivity index (χ4v) is 3.53.